The summed E-state index contributed by atoms with van der Waals surface area (Å²) in [5, 5.41) is 1.12. The standard InChI is InChI=1S/C44H32O/c1-3-13-29(14-4-1)30-23-25-32(26-24-30)42-34-17-7-9-19-36(34)43(37-20-10-8-18-35(37)42)33-27-39(31-15-5-2-6-16-31)44-38-21-11-12-22-40(38)45-41(44)28-33/h1-3,5-13,15-23,25,27-28H,4,14,24,26H2/i7D,8D,9D,10D,17D,18D,19D,20D,23D,24D,25D,26D. The molecule has 2 aliphatic rings. The van der Waals surface area contributed by atoms with Gasteiger partial charge < -0.3 is 4.42 Å². The number of furan rings is 1. The van der Waals surface area contributed by atoms with Crippen molar-refractivity contribution in [2.75, 3.05) is 0 Å². The number of fused-ring (bicyclic) bond motifs is 5. The minimum absolute atomic E-state index is 0.0848. The molecule has 1 aromatic heterocycles. The molecule has 0 aliphatic heterocycles. The van der Waals surface area contributed by atoms with E-state index >= 15 is 0 Å². The van der Waals surface area contributed by atoms with Crippen molar-refractivity contribution < 1.29 is 20.9 Å². The van der Waals surface area contributed by atoms with Crippen molar-refractivity contribution >= 4 is 49.1 Å². The van der Waals surface area contributed by atoms with Crippen LogP contribution in [-0.4, -0.2) is 0 Å². The third kappa shape index (κ3) is 4.30. The summed E-state index contributed by atoms with van der Waals surface area (Å²) in [4.78, 5) is 0. The van der Waals surface area contributed by atoms with Gasteiger partial charge in [0.2, 0.25) is 0 Å². The van der Waals surface area contributed by atoms with Gasteiger partial charge >= 0.3 is 0 Å². The van der Waals surface area contributed by atoms with E-state index < -0.39 is 67.2 Å². The van der Waals surface area contributed by atoms with E-state index in [0.29, 0.717) is 35.1 Å². The van der Waals surface area contributed by atoms with Gasteiger partial charge in [0, 0.05) is 13.5 Å². The van der Waals surface area contributed by atoms with Crippen molar-refractivity contribution in [1.82, 2.24) is 0 Å². The molecule has 7 aromatic rings. The van der Waals surface area contributed by atoms with Gasteiger partial charge in [-0.15, -0.1) is 0 Å². The molecule has 9 rings (SSSR count). The number of allylic oxidation sites excluding steroid dienone is 8. The Labute approximate surface area is 280 Å². The number of para-hydroxylation sites is 1. The quantitative estimate of drug-likeness (QED) is 0.186. The highest BCUT2D eigenvalue weighted by molar-refractivity contribution is 6.21. The molecule has 1 nitrogen and oxygen atoms in total. The summed E-state index contributed by atoms with van der Waals surface area (Å²) in [6.45, 7) is 0. The highest BCUT2D eigenvalue weighted by Gasteiger charge is 2.22. The molecule has 45 heavy (non-hydrogen) atoms. The molecule has 0 radical (unpaired) electrons. The zero-order chi connectivity index (χ0) is 40.2. The van der Waals surface area contributed by atoms with Gasteiger partial charge in [-0.05, 0) is 110 Å². The molecule has 0 fully saturated rings. The minimum atomic E-state index is -1.56. The average Bonchev–Trinajstić information content (AvgIpc) is 3.61. The first-order valence-electron chi connectivity index (χ1n) is 21.1. The predicted octanol–water partition coefficient (Wildman–Crippen LogP) is 12.6. The molecule has 2 unspecified atom stereocenters. The van der Waals surface area contributed by atoms with Crippen LogP contribution in [0.3, 0.4) is 0 Å². The van der Waals surface area contributed by atoms with E-state index in [-0.39, 0.29) is 49.9 Å². The van der Waals surface area contributed by atoms with E-state index in [1.54, 1.807) is 12.1 Å². The maximum absolute atomic E-state index is 9.49. The summed E-state index contributed by atoms with van der Waals surface area (Å²) in [6.07, 6.45) is 3.78. The Hall–Kier alpha value is -5.40. The Balaban J connectivity index is 1.52. The molecule has 0 amide bonds. The van der Waals surface area contributed by atoms with Crippen LogP contribution in [0.5, 0.6) is 0 Å². The average molecular weight is 589 g/mol. The third-order valence-electron chi connectivity index (χ3n) is 8.60. The van der Waals surface area contributed by atoms with Gasteiger partial charge in [0.15, 0.2) is 0 Å². The largest absolute Gasteiger partial charge is 0.456 e. The monoisotopic (exact) mass is 588 g/mol. The van der Waals surface area contributed by atoms with Crippen LogP contribution in [-0.2, 0) is 0 Å². The van der Waals surface area contributed by atoms with Crippen LogP contribution in [0.4, 0.5) is 0 Å². The summed E-state index contributed by atoms with van der Waals surface area (Å²) < 4.78 is 117. The van der Waals surface area contributed by atoms with E-state index in [1.807, 2.05) is 72.8 Å². The van der Waals surface area contributed by atoms with Crippen molar-refractivity contribution in [3.63, 3.8) is 0 Å². The Morgan fingerprint density at radius 1 is 0.600 bits per heavy atom. The zero-order valence-corrected chi connectivity index (χ0v) is 24.1. The van der Waals surface area contributed by atoms with Gasteiger partial charge in [-0.3, -0.25) is 0 Å². The lowest BCUT2D eigenvalue weighted by atomic mass is 9.81. The van der Waals surface area contributed by atoms with E-state index in [4.69, 9.17) is 9.90 Å². The number of hydrogen-bond donors (Lipinski definition) is 0. The molecule has 1 heteroatoms. The number of benzene rings is 6. The van der Waals surface area contributed by atoms with E-state index in [9.17, 15) is 11.0 Å². The Bertz CT molecular complexity index is 2960. The van der Waals surface area contributed by atoms with Crippen molar-refractivity contribution in [2.24, 2.45) is 0 Å². The molecule has 1 heterocycles. The zero-order valence-electron chi connectivity index (χ0n) is 36.1. The van der Waals surface area contributed by atoms with Gasteiger partial charge in [0.25, 0.3) is 0 Å². The van der Waals surface area contributed by atoms with Crippen LogP contribution < -0.4 is 0 Å². The lowest BCUT2D eigenvalue weighted by molar-refractivity contribution is 0.669. The second kappa shape index (κ2) is 10.6. The Morgan fingerprint density at radius 3 is 2.00 bits per heavy atom. The van der Waals surface area contributed by atoms with Crippen LogP contribution in [0.15, 0.2) is 161 Å². The summed E-state index contributed by atoms with van der Waals surface area (Å²) in [5.74, 6) is 0. The molecule has 2 atom stereocenters. The lowest BCUT2D eigenvalue weighted by Gasteiger charge is -2.22. The highest BCUT2D eigenvalue weighted by atomic mass is 16.3. The molecular weight excluding hydrogens is 544 g/mol. The van der Waals surface area contributed by atoms with E-state index in [1.165, 1.54) is 0 Å². The molecule has 0 saturated heterocycles. The Morgan fingerprint density at radius 2 is 1.27 bits per heavy atom. The first-order valence-corrected chi connectivity index (χ1v) is 14.9. The molecule has 0 saturated carbocycles. The van der Waals surface area contributed by atoms with Gasteiger partial charge in [0.1, 0.15) is 11.2 Å². The maximum Gasteiger partial charge on any atom is 0.136 e. The van der Waals surface area contributed by atoms with Crippen LogP contribution in [0.1, 0.15) is 47.6 Å². The van der Waals surface area contributed by atoms with Crippen molar-refractivity contribution in [2.45, 2.75) is 25.6 Å². The first kappa shape index (κ1) is 16.6. The van der Waals surface area contributed by atoms with Crippen LogP contribution in [0.25, 0.3) is 71.3 Å². The van der Waals surface area contributed by atoms with Gasteiger partial charge in [-0.1, -0.05) is 127 Å². The molecule has 0 N–H and O–H groups in total. The molecule has 214 valence electrons. The summed E-state index contributed by atoms with van der Waals surface area (Å²) in [6, 6.07) is 15.4. The van der Waals surface area contributed by atoms with Crippen LogP contribution >= 0.6 is 0 Å². The first-order chi connectivity index (χ1) is 27.3. The molecule has 0 bridgehead atoms. The van der Waals surface area contributed by atoms with Crippen LogP contribution in [0.2, 0.25) is 0 Å². The van der Waals surface area contributed by atoms with E-state index in [0.717, 1.165) is 21.9 Å². The second-order valence-corrected chi connectivity index (χ2v) is 11.2. The maximum atomic E-state index is 9.49. The number of rotatable bonds is 4. The lowest BCUT2D eigenvalue weighted by Crippen LogP contribution is -2.00. The Kier molecular flexibility index (Phi) is 3.93. The van der Waals surface area contributed by atoms with Gasteiger partial charge in [0.05, 0.1) is 13.7 Å². The highest BCUT2D eigenvalue weighted by Crippen LogP contribution is 2.47. The van der Waals surface area contributed by atoms with Crippen molar-refractivity contribution in [3.8, 4) is 22.3 Å². The summed E-state index contributed by atoms with van der Waals surface area (Å²) >= 11 is 0. The van der Waals surface area contributed by atoms with Crippen LogP contribution in [0, 0.1) is 0 Å². The van der Waals surface area contributed by atoms with Gasteiger partial charge in [-0.2, -0.15) is 0 Å². The third-order valence-corrected chi connectivity index (χ3v) is 8.60. The van der Waals surface area contributed by atoms with Crippen molar-refractivity contribution in [3.05, 3.63) is 162 Å². The molecule has 2 aliphatic carbocycles. The molecular formula is C44H32O. The molecule has 6 aromatic carbocycles. The fourth-order valence-electron chi connectivity index (χ4n) is 6.57. The predicted molar refractivity (Wildman–Crippen MR) is 191 cm³/mol. The smallest absolute Gasteiger partial charge is 0.136 e. The summed E-state index contributed by atoms with van der Waals surface area (Å²) in [7, 11) is 0. The topological polar surface area (TPSA) is 13.1 Å². The normalized spacial score (nSPS) is 22.5. The van der Waals surface area contributed by atoms with Gasteiger partial charge in [-0.25, -0.2) is 0 Å². The van der Waals surface area contributed by atoms with E-state index in [2.05, 4.69) is 0 Å². The summed E-state index contributed by atoms with van der Waals surface area (Å²) in [5.41, 5.74) is 3.49. The van der Waals surface area contributed by atoms with Crippen molar-refractivity contribution in [1.29, 1.82) is 0 Å². The minimum Gasteiger partial charge on any atom is -0.456 e. The number of hydrogen-bond acceptors (Lipinski definition) is 1. The fraction of sp³-hybridized carbons (Fsp3) is 0.0909. The SMILES string of the molecule is [2H]C1=C(C2=CC=CCC2)C([2H])C([2H])C(c2c3c([2H])c([2H])c([2H])c([2H])c3c(-c3cc(-c4ccccc4)c4c(c3)oc3ccccc34)c3c([2H])c([2H])c([2H])c([2H])c23)=C1[2H]. The molecule has 0 spiro atoms. The second-order valence-electron chi connectivity index (χ2n) is 11.2. The fourth-order valence-corrected chi connectivity index (χ4v) is 6.57.